The van der Waals surface area contributed by atoms with Crippen LogP contribution in [0.4, 0.5) is 0 Å². The molecule has 0 saturated carbocycles. The molecule has 0 rings (SSSR count). The molecule has 0 amide bonds. The monoisotopic (exact) mass is 204 g/mol. The summed E-state index contributed by atoms with van der Waals surface area (Å²) in [5, 5.41) is 8.53. The molecule has 0 aromatic heterocycles. The SMILES string of the molecule is CC(C)N(CCCN)CCOCCO. The highest BCUT2D eigenvalue weighted by atomic mass is 16.5. The summed E-state index contributed by atoms with van der Waals surface area (Å²) in [6.45, 7) is 8.23. The van der Waals surface area contributed by atoms with Gasteiger partial charge in [-0.1, -0.05) is 0 Å². The minimum absolute atomic E-state index is 0.102. The summed E-state index contributed by atoms with van der Waals surface area (Å²) in [6, 6.07) is 0.527. The largest absolute Gasteiger partial charge is 0.394 e. The first-order chi connectivity index (χ1) is 6.72. The van der Waals surface area contributed by atoms with Gasteiger partial charge in [0.1, 0.15) is 0 Å². The van der Waals surface area contributed by atoms with Crippen molar-refractivity contribution in [1.82, 2.24) is 4.90 Å². The second-order valence-corrected chi connectivity index (χ2v) is 3.61. The zero-order chi connectivity index (χ0) is 10.8. The Hall–Kier alpha value is -0.160. The summed E-state index contributed by atoms with van der Waals surface area (Å²) < 4.78 is 5.22. The molecule has 0 bridgehead atoms. The fourth-order valence-corrected chi connectivity index (χ4v) is 1.27. The first kappa shape index (κ1) is 13.8. The van der Waals surface area contributed by atoms with Gasteiger partial charge in [-0.15, -0.1) is 0 Å². The molecule has 0 fully saturated rings. The lowest BCUT2D eigenvalue weighted by molar-refractivity contribution is 0.0667. The molecule has 4 heteroatoms. The molecule has 0 aromatic rings. The predicted molar refractivity (Wildman–Crippen MR) is 58.3 cm³/mol. The Kier molecular flexibility index (Phi) is 9.29. The molecule has 0 atom stereocenters. The number of hydrogen-bond acceptors (Lipinski definition) is 4. The van der Waals surface area contributed by atoms with Crippen LogP contribution in [0.25, 0.3) is 0 Å². The van der Waals surface area contributed by atoms with Gasteiger partial charge in [0.2, 0.25) is 0 Å². The maximum absolute atomic E-state index is 8.53. The van der Waals surface area contributed by atoms with Crippen LogP contribution >= 0.6 is 0 Å². The van der Waals surface area contributed by atoms with Crippen molar-refractivity contribution in [3.8, 4) is 0 Å². The van der Waals surface area contributed by atoms with Crippen LogP contribution in [0.2, 0.25) is 0 Å². The van der Waals surface area contributed by atoms with Gasteiger partial charge in [0, 0.05) is 12.6 Å². The normalized spacial score (nSPS) is 11.6. The molecule has 0 aliphatic heterocycles. The summed E-state index contributed by atoms with van der Waals surface area (Å²) in [5.41, 5.74) is 5.46. The van der Waals surface area contributed by atoms with Crippen molar-refractivity contribution in [2.24, 2.45) is 5.73 Å². The van der Waals surface area contributed by atoms with Crippen molar-refractivity contribution in [1.29, 1.82) is 0 Å². The quantitative estimate of drug-likeness (QED) is 0.521. The number of ether oxygens (including phenoxy) is 1. The predicted octanol–water partition coefficient (Wildman–Crippen LogP) is 0.0545. The van der Waals surface area contributed by atoms with E-state index in [9.17, 15) is 0 Å². The number of aliphatic hydroxyl groups excluding tert-OH is 1. The van der Waals surface area contributed by atoms with Gasteiger partial charge in [-0.25, -0.2) is 0 Å². The fraction of sp³-hybridized carbons (Fsp3) is 1.00. The van der Waals surface area contributed by atoms with Crippen molar-refractivity contribution in [3.63, 3.8) is 0 Å². The number of nitrogens with two attached hydrogens (primary N) is 1. The van der Waals surface area contributed by atoms with Gasteiger partial charge in [0.25, 0.3) is 0 Å². The Bertz CT molecular complexity index is 121. The van der Waals surface area contributed by atoms with Crippen LogP contribution in [0.5, 0.6) is 0 Å². The van der Waals surface area contributed by atoms with E-state index in [4.69, 9.17) is 15.6 Å². The molecule has 0 saturated heterocycles. The molecule has 86 valence electrons. The van der Waals surface area contributed by atoms with E-state index in [1.807, 2.05) is 0 Å². The van der Waals surface area contributed by atoms with Crippen molar-refractivity contribution < 1.29 is 9.84 Å². The Morgan fingerprint density at radius 3 is 2.50 bits per heavy atom. The highest BCUT2D eigenvalue weighted by Gasteiger charge is 2.07. The van der Waals surface area contributed by atoms with Crippen LogP contribution in [0.3, 0.4) is 0 Å². The fourth-order valence-electron chi connectivity index (χ4n) is 1.27. The van der Waals surface area contributed by atoms with Crippen LogP contribution in [-0.4, -0.2) is 55.5 Å². The van der Waals surface area contributed by atoms with E-state index in [-0.39, 0.29) is 6.61 Å². The second-order valence-electron chi connectivity index (χ2n) is 3.61. The Labute approximate surface area is 87.0 Å². The second kappa shape index (κ2) is 9.40. The summed E-state index contributed by atoms with van der Waals surface area (Å²) in [5.74, 6) is 0. The molecule has 0 aliphatic rings. The number of rotatable bonds is 9. The molecule has 0 aliphatic carbocycles. The summed E-state index contributed by atoms with van der Waals surface area (Å²) in [7, 11) is 0. The average Bonchev–Trinajstić information content (AvgIpc) is 2.16. The van der Waals surface area contributed by atoms with Gasteiger partial charge in [0.05, 0.1) is 19.8 Å². The van der Waals surface area contributed by atoms with E-state index in [1.54, 1.807) is 0 Å². The lowest BCUT2D eigenvalue weighted by Crippen LogP contribution is -2.35. The van der Waals surface area contributed by atoms with Gasteiger partial charge >= 0.3 is 0 Å². The molecule has 3 N–H and O–H groups in total. The summed E-state index contributed by atoms with van der Waals surface area (Å²) in [6.07, 6.45) is 1.03. The first-order valence-electron chi connectivity index (χ1n) is 5.35. The Morgan fingerprint density at radius 2 is 2.00 bits per heavy atom. The molecule has 0 unspecified atom stereocenters. The maximum atomic E-state index is 8.53. The van der Waals surface area contributed by atoms with E-state index >= 15 is 0 Å². The smallest absolute Gasteiger partial charge is 0.0698 e. The number of aliphatic hydroxyl groups is 1. The standard InChI is InChI=1S/C10H24N2O2/c1-10(2)12(5-3-4-11)6-8-14-9-7-13/h10,13H,3-9,11H2,1-2H3. The van der Waals surface area contributed by atoms with Gasteiger partial charge in [0.15, 0.2) is 0 Å². The third-order valence-corrected chi connectivity index (χ3v) is 2.14. The van der Waals surface area contributed by atoms with E-state index < -0.39 is 0 Å². The molecule has 14 heavy (non-hydrogen) atoms. The van der Waals surface area contributed by atoms with Gasteiger partial charge in [-0.3, -0.25) is 4.90 Å². The number of hydrogen-bond donors (Lipinski definition) is 2. The molecular weight excluding hydrogens is 180 g/mol. The topological polar surface area (TPSA) is 58.7 Å². The van der Waals surface area contributed by atoms with Crippen molar-refractivity contribution >= 4 is 0 Å². The van der Waals surface area contributed by atoms with Crippen molar-refractivity contribution in [2.75, 3.05) is 39.5 Å². The third kappa shape index (κ3) is 7.26. The van der Waals surface area contributed by atoms with E-state index in [0.717, 1.165) is 26.1 Å². The Balaban J connectivity index is 3.52. The van der Waals surface area contributed by atoms with Crippen LogP contribution in [0.1, 0.15) is 20.3 Å². The molecule has 4 nitrogen and oxygen atoms in total. The van der Waals surface area contributed by atoms with E-state index in [2.05, 4.69) is 18.7 Å². The molecule has 0 radical (unpaired) electrons. The minimum Gasteiger partial charge on any atom is -0.394 e. The number of nitrogens with zero attached hydrogens (tertiary/aromatic N) is 1. The van der Waals surface area contributed by atoms with Crippen molar-refractivity contribution in [2.45, 2.75) is 26.3 Å². The van der Waals surface area contributed by atoms with Crippen molar-refractivity contribution in [3.05, 3.63) is 0 Å². The zero-order valence-corrected chi connectivity index (χ0v) is 9.41. The molecule has 0 heterocycles. The Morgan fingerprint density at radius 1 is 1.29 bits per heavy atom. The average molecular weight is 204 g/mol. The van der Waals surface area contributed by atoms with Gasteiger partial charge in [-0.2, -0.15) is 0 Å². The lowest BCUT2D eigenvalue weighted by Gasteiger charge is -2.25. The first-order valence-corrected chi connectivity index (χ1v) is 5.35. The third-order valence-electron chi connectivity index (χ3n) is 2.14. The van der Waals surface area contributed by atoms with Gasteiger partial charge < -0.3 is 15.6 Å². The van der Waals surface area contributed by atoms with E-state index in [1.165, 1.54) is 0 Å². The maximum Gasteiger partial charge on any atom is 0.0698 e. The summed E-state index contributed by atoms with van der Waals surface area (Å²) in [4.78, 5) is 2.34. The lowest BCUT2D eigenvalue weighted by atomic mass is 10.3. The molecular formula is C10H24N2O2. The van der Waals surface area contributed by atoms with Crippen LogP contribution in [0.15, 0.2) is 0 Å². The van der Waals surface area contributed by atoms with Crippen LogP contribution < -0.4 is 5.73 Å². The zero-order valence-electron chi connectivity index (χ0n) is 9.41. The minimum atomic E-state index is 0.102. The highest BCUT2D eigenvalue weighted by Crippen LogP contribution is 1.98. The van der Waals surface area contributed by atoms with Crippen LogP contribution in [-0.2, 0) is 4.74 Å². The van der Waals surface area contributed by atoms with Crippen LogP contribution in [0, 0.1) is 0 Å². The van der Waals surface area contributed by atoms with Gasteiger partial charge in [-0.05, 0) is 33.4 Å². The molecule has 0 spiro atoms. The molecule has 0 aromatic carbocycles. The van der Waals surface area contributed by atoms with E-state index in [0.29, 0.717) is 19.3 Å². The highest BCUT2D eigenvalue weighted by molar-refractivity contribution is 4.62. The summed E-state index contributed by atoms with van der Waals surface area (Å²) >= 11 is 0.